The van der Waals surface area contributed by atoms with Crippen molar-refractivity contribution in [2.24, 2.45) is 5.84 Å². The summed E-state index contributed by atoms with van der Waals surface area (Å²) in [6, 6.07) is 4.05. The summed E-state index contributed by atoms with van der Waals surface area (Å²) in [7, 11) is 0. The van der Waals surface area contributed by atoms with Gasteiger partial charge in [-0.1, -0.05) is 24.6 Å². The molecule has 1 aromatic rings. The largest absolute Gasteiger partial charge is 0.271 e. The Hall–Kier alpha value is -1.19. The van der Waals surface area contributed by atoms with Gasteiger partial charge in [-0.05, 0) is 31.9 Å². The number of hydrogen-bond acceptors (Lipinski definition) is 3. The first-order valence-corrected chi connectivity index (χ1v) is 5.24. The van der Waals surface area contributed by atoms with Crippen LogP contribution >= 0.6 is 0 Å². The Morgan fingerprint density at radius 3 is 2.87 bits per heavy atom. The van der Waals surface area contributed by atoms with Crippen molar-refractivity contribution >= 4 is 0 Å². The lowest BCUT2D eigenvalue weighted by Crippen LogP contribution is -2.28. The number of nitrogens with two attached hydrogens (primary N) is 1. The molecule has 15 heavy (non-hydrogen) atoms. The number of hydrogen-bond donors (Lipinski definition) is 2. The molecule has 0 radical (unpaired) electrons. The fourth-order valence-corrected chi connectivity index (χ4v) is 1.57. The third-order valence-corrected chi connectivity index (χ3v) is 2.28. The third kappa shape index (κ3) is 3.15. The zero-order valence-corrected chi connectivity index (χ0v) is 9.62. The fourth-order valence-electron chi connectivity index (χ4n) is 1.57. The molecule has 82 valence electrons. The lowest BCUT2D eigenvalue weighted by Gasteiger charge is -2.15. The standard InChI is InChI=1S/C12H19N3/c1-4-10-6-5-7-14-12(10)11(15-13)8-9(2)3/h5-8,11,15H,4,13H2,1-3H3. The topological polar surface area (TPSA) is 50.9 Å². The maximum absolute atomic E-state index is 5.54. The molecule has 0 spiro atoms. The van der Waals surface area contributed by atoms with E-state index < -0.39 is 0 Å². The first-order valence-electron chi connectivity index (χ1n) is 5.24. The van der Waals surface area contributed by atoms with E-state index in [4.69, 9.17) is 5.84 Å². The summed E-state index contributed by atoms with van der Waals surface area (Å²) in [6.07, 6.45) is 4.86. The summed E-state index contributed by atoms with van der Waals surface area (Å²) < 4.78 is 0. The van der Waals surface area contributed by atoms with Crippen LogP contribution in [0.4, 0.5) is 0 Å². The normalized spacial score (nSPS) is 12.3. The van der Waals surface area contributed by atoms with Crippen molar-refractivity contribution in [3.05, 3.63) is 41.2 Å². The van der Waals surface area contributed by atoms with Gasteiger partial charge in [-0.3, -0.25) is 10.8 Å². The number of aromatic nitrogens is 1. The summed E-state index contributed by atoms with van der Waals surface area (Å²) in [4.78, 5) is 4.39. The molecule has 1 aromatic heterocycles. The lowest BCUT2D eigenvalue weighted by atomic mass is 10.0. The second kappa shape index (κ2) is 5.63. The molecular weight excluding hydrogens is 186 g/mol. The number of hydrazine groups is 1. The van der Waals surface area contributed by atoms with Crippen molar-refractivity contribution in [3.8, 4) is 0 Å². The van der Waals surface area contributed by atoms with Gasteiger partial charge >= 0.3 is 0 Å². The highest BCUT2D eigenvalue weighted by Gasteiger charge is 2.11. The van der Waals surface area contributed by atoms with Gasteiger partial charge in [-0.15, -0.1) is 0 Å². The number of allylic oxidation sites excluding steroid dienone is 1. The van der Waals surface area contributed by atoms with Crippen LogP contribution in [0.1, 0.15) is 38.1 Å². The summed E-state index contributed by atoms with van der Waals surface area (Å²) in [5, 5.41) is 0. The van der Waals surface area contributed by atoms with Gasteiger partial charge in [0.05, 0.1) is 11.7 Å². The van der Waals surface area contributed by atoms with Gasteiger partial charge < -0.3 is 0 Å². The highest BCUT2D eigenvalue weighted by molar-refractivity contribution is 5.26. The van der Waals surface area contributed by atoms with Gasteiger partial charge in [-0.25, -0.2) is 5.43 Å². The SMILES string of the molecule is CCc1cccnc1C(C=C(C)C)NN. The van der Waals surface area contributed by atoms with Gasteiger partial charge in [0.15, 0.2) is 0 Å². The smallest absolute Gasteiger partial charge is 0.0817 e. The molecule has 0 saturated carbocycles. The van der Waals surface area contributed by atoms with Gasteiger partial charge in [-0.2, -0.15) is 0 Å². The number of pyridine rings is 1. The molecule has 1 rings (SSSR count). The molecule has 1 atom stereocenters. The van der Waals surface area contributed by atoms with Crippen LogP contribution < -0.4 is 11.3 Å². The van der Waals surface area contributed by atoms with E-state index in [1.54, 1.807) is 6.20 Å². The van der Waals surface area contributed by atoms with Crippen LogP contribution in [0, 0.1) is 0 Å². The zero-order valence-electron chi connectivity index (χ0n) is 9.62. The molecule has 0 saturated heterocycles. The number of nitrogens with zero attached hydrogens (tertiary/aromatic N) is 1. The van der Waals surface area contributed by atoms with Crippen LogP contribution in [0.25, 0.3) is 0 Å². The van der Waals surface area contributed by atoms with Crippen LogP contribution in [0.2, 0.25) is 0 Å². The van der Waals surface area contributed by atoms with E-state index >= 15 is 0 Å². The maximum atomic E-state index is 5.54. The monoisotopic (exact) mass is 205 g/mol. The van der Waals surface area contributed by atoms with Gasteiger partial charge in [0.25, 0.3) is 0 Å². The van der Waals surface area contributed by atoms with Gasteiger partial charge in [0.2, 0.25) is 0 Å². The average Bonchev–Trinajstić information content (AvgIpc) is 2.25. The summed E-state index contributed by atoms with van der Waals surface area (Å²) in [5.74, 6) is 5.54. The van der Waals surface area contributed by atoms with E-state index in [0.717, 1.165) is 12.1 Å². The summed E-state index contributed by atoms with van der Waals surface area (Å²) >= 11 is 0. The molecule has 1 unspecified atom stereocenters. The highest BCUT2D eigenvalue weighted by atomic mass is 15.2. The van der Waals surface area contributed by atoms with Crippen LogP contribution in [-0.4, -0.2) is 4.98 Å². The Bertz CT molecular complexity index is 340. The molecule has 3 nitrogen and oxygen atoms in total. The van der Waals surface area contributed by atoms with Crippen molar-refractivity contribution < 1.29 is 0 Å². The van der Waals surface area contributed by atoms with Crippen LogP contribution in [0.5, 0.6) is 0 Å². The average molecular weight is 205 g/mol. The molecule has 3 heteroatoms. The van der Waals surface area contributed by atoms with Crippen LogP contribution in [0.15, 0.2) is 30.0 Å². The van der Waals surface area contributed by atoms with Crippen molar-refractivity contribution in [2.75, 3.05) is 0 Å². The lowest BCUT2D eigenvalue weighted by molar-refractivity contribution is 0.628. The maximum Gasteiger partial charge on any atom is 0.0817 e. The predicted octanol–water partition coefficient (Wildman–Crippen LogP) is 2.11. The predicted molar refractivity (Wildman–Crippen MR) is 63.1 cm³/mol. The molecule has 0 aliphatic carbocycles. The number of aryl methyl sites for hydroxylation is 1. The molecule has 0 fully saturated rings. The summed E-state index contributed by atoms with van der Waals surface area (Å²) in [6.45, 7) is 6.23. The quantitative estimate of drug-likeness (QED) is 0.449. The Morgan fingerprint density at radius 2 is 2.33 bits per heavy atom. The molecule has 0 aliphatic rings. The van der Waals surface area contributed by atoms with Crippen molar-refractivity contribution in [1.82, 2.24) is 10.4 Å². The Morgan fingerprint density at radius 1 is 1.60 bits per heavy atom. The molecule has 3 N–H and O–H groups in total. The number of rotatable bonds is 4. The second-order valence-corrected chi connectivity index (χ2v) is 3.79. The molecule has 0 amide bonds. The van der Waals surface area contributed by atoms with E-state index in [-0.39, 0.29) is 6.04 Å². The van der Waals surface area contributed by atoms with Crippen LogP contribution in [0.3, 0.4) is 0 Å². The molecule has 0 bridgehead atoms. The van der Waals surface area contributed by atoms with E-state index in [9.17, 15) is 0 Å². The minimum absolute atomic E-state index is 0.00569. The Balaban J connectivity index is 3.06. The molecular formula is C12H19N3. The van der Waals surface area contributed by atoms with Gasteiger partial charge in [0.1, 0.15) is 0 Å². The minimum atomic E-state index is 0.00569. The Kier molecular flexibility index (Phi) is 4.46. The molecule has 0 aromatic carbocycles. The summed E-state index contributed by atoms with van der Waals surface area (Å²) in [5.41, 5.74) is 6.26. The fraction of sp³-hybridized carbons (Fsp3) is 0.417. The van der Waals surface area contributed by atoms with Gasteiger partial charge in [0, 0.05) is 6.20 Å². The molecule has 0 aliphatic heterocycles. The number of nitrogens with one attached hydrogen (secondary N) is 1. The van der Waals surface area contributed by atoms with Crippen LogP contribution in [-0.2, 0) is 6.42 Å². The van der Waals surface area contributed by atoms with Crippen molar-refractivity contribution in [1.29, 1.82) is 0 Å². The first kappa shape index (κ1) is 11.9. The third-order valence-electron chi connectivity index (χ3n) is 2.28. The second-order valence-electron chi connectivity index (χ2n) is 3.79. The minimum Gasteiger partial charge on any atom is -0.271 e. The molecule has 1 heterocycles. The van der Waals surface area contributed by atoms with E-state index in [2.05, 4.69) is 43.3 Å². The Labute approximate surface area is 91.4 Å². The van der Waals surface area contributed by atoms with Crippen molar-refractivity contribution in [3.63, 3.8) is 0 Å². The highest BCUT2D eigenvalue weighted by Crippen LogP contribution is 2.17. The van der Waals surface area contributed by atoms with Crippen molar-refractivity contribution in [2.45, 2.75) is 33.2 Å². The first-order chi connectivity index (χ1) is 7.19. The van der Waals surface area contributed by atoms with E-state index in [1.165, 1.54) is 11.1 Å². The van der Waals surface area contributed by atoms with E-state index in [1.807, 2.05) is 6.07 Å². The zero-order chi connectivity index (χ0) is 11.3. The van der Waals surface area contributed by atoms with E-state index in [0.29, 0.717) is 0 Å².